The van der Waals surface area contributed by atoms with E-state index in [1.165, 1.54) is 12.0 Å². The van der Waals surface area contributed by atoms with Gasteiger partial charge in [-0.15, -0.1) is 0 Å². The van der Waals surface area contributed by atoms with E-state index in [2.05, 4.69) is 5.32 Å². The molecule has 86 valence electrons. The zero-order chi connectivity index (χ0) is 11.1. The average Bonchev–Trinajstić information content (AvgIpc) is 2.89. The van der Waals surface area contributed by atoms with Crippen LogP contribution in [-0.4, -0.2) is 18.3 Å². The van der Waals surface area contributed by atoms with Crippen molar-refractivity contribution in [1.82, 2.24) is 5.32 Å². The lowest BCUT2D eigenvalue weighted by molar-refractivity contribution is 0.356. The molecule has 3 rings (SSSR count). The van der Waals surface area contributed by atoms with Gasteiger partial charge in [-0.25, -0.2) is 0 Å². The molecular weight excluding hydrogens is 202 g/mol. The van der Waals surface area contributed by atoms with Crippen LogP contribution >= 0.6 is 0 Å². The second-order valence-corrected chi connectivity index (χ2v) is 4.68. The van der Waals surface area contributed by atoms with Crippen LogP contribution in [0, 0.1) is 6.92 Å². The van der Waals surface area contributed by atoms with Crippen molar-refractivity contribution in [1.29, 1.82) is 0 Å². The van der Waals surface area contributed by atoms with Gasteiger partial charge in [-0.1, -0.05) is 0 Å². The molecule has 0 radical (unpaired) electrons. The van der Waals surface area contributed by atoms with Crippen LogP contribution in [0.15, 0.2) is 6.07 Å². The fraction of sp³-hybridized carbons (Fsp3) is 0.538. The largest absolute Gasteiger partial charge is 0.507 e. The summed E-state index contributed by atoms with van der Waals surface area (Å²) in [6.45, 7) is 3.74. The molecule has 0 saturated carbocycles. The van der Waals surface area contributed by atoms with E-state index in [9.17, 15) is 5.11 Å². The number of aryl methyl sites for hydroxylation is 1. The third kappa shape index (κ3) is 1.39. The molecule has 0 spiro atoms. The van der Waals surface area contributed by atoms with E-state index in [0.29, 0.717) is 11.8 Å². The van der Waals surface area contributed by atoms with Gasteiger partial charge in [-0.05, 0) is 37.9 Å². The summed E-state index contributed by atoms with van der Waals surface area (Å²) in [5.74, 6) is 1.43. The zero-order valence-electron chi connectivity index (χ0n) is 9.55. The number of rotatable bonds is 1. The Morgan fingerprint density at radius 3 is 3.12 bits per heavy atom. The van der Waals surface area contributed by atoms with E-state index < -0.39 is 0 Å². The molecule has 1 unspecified atom stereocenters. The molecule has 16 heavy (non-hydrogen) atoms. The monoisotopic (exact) mass is 219 g/mol. The van der Waals surface area contributed by atoms with Gasteiger partial charge in [0.1, 0.15) is 11.5 Å². The predicted octanol–water partition coefficient (Wildman–Crippen LogP) is 2.06. The van der Waals surface area contributed by atoms with E-state index in [-0.39, 0.29) is 0 Å². The van der Waals surface area contributed by atoms with Gasteiger partial charge in [0.25, 0.3) is 0 Å². The Hall–Kier alpha value is -1.22. The Kier molecular flexibility index (Phi) is 2.28. The number of hydrogen-bond donors (Lipinski definition) is 2. The standard InChI is InChI=1S/C13H17NO2/c1-8-7-11-9(4-6-16-11)12(13(8)15)10-3-2-5-14-10/h7,10,14-15H,2-6H2,1H3. The van der Waals surface area contributed by atoms with Crippen molar-refractivity contribution in [3.63, 3.8) is 0 Å². The first-order chi connectivity index (χ1) is 7.77. The highest BCUT2D eigenvalue weighted by molar-refractivity contribution is 5.55. The normalized spacial score (nSPS) is 23.2. The molecule has 0 aromatic heterocycles. The zero-order valence-corrected chi connectivity index (χ0v) is 9.55. The van der Waals surface area contributed by atoms with Gasteiger partial charge < -0.3 is 15.2 Å². The first-order valence-corrected chi connectivity index (χ1v) is 5.99. The number of phenolic OH excluding ortho intramolecular Hbond substituents is 1. The third-order valence-electron chi connectivity index (χ3n) is 3.62. The summed E-state index contributed by atoms with van der Waals surface area (Å²) in [6.07, 6.45) is 3.23. The highest BCUT2D eigenvalue weighted by Gasteiger charge is 2.28. The lowest BCUT2D eigenvalue weighted by atomic mass is 9.94. The molecule has 0 bridgehead atoms. The van der Waals surface area contributed by atoms with Crippen molar-refractivity contribution >= 4 is 0 Å². The van der Waals surface area contributed by atoms with E-state index in [1.807, 2.05) is 13.0 Å². The fourth-order valence-electron chi connectivity index (χ4n) is 2.80. The maximum Gasteiger partial charge on any atom is 0.123 e. The lowest BCUT2D eigenvalue weighted by Gasteiger charge is -2.18. The summed E-state index contributed by atoms with van der Waals surface area (Å²) in [7, 11) is 0. The van der Waals surface area contributed by atoms with Crippen LogP contribution in [0.5, 0.6) is 11.5 Å². The number of fused-ring (bicyclic) bond motifs is 1. The number of ether oxygens (including phenoxy) is 1. The summed E-state index contributed by atoms with van der Waals surface area (Å²) < 4.78 is 5.60. The molecule has 1 atom stereocenters. The van der Waals surface area contributed by atoms with Crippen LogP contribution in [0.2, 0.25) is 0 Å². The Balaban J connectivity index is 2.14. The molecule has 2 heterocycles. The van der Waals surface area contributed by atoms with E-state index in [1.54, 1.807) is 0 Å². The van der Waals surface area contributed by atoms with Gasteiger partial charge in [0.2, 0.25) is 0 Å². The number of benzene rings is 1. The lowest BCUT2D eigenvalue weighted by Crippen LogP contribution is -2.15. The summed E-state index contributed by atoms with van der Waals surface area (Å²) in [5, 5.41) is 13.7. The molecule has 1 aromatic carbocycles. The molecule has 2 aliphatic rings. The number of nitrogens with one attached hydrogen (secondary N) is 1. The molecule has 1 fully saturated rings. The van der Waals surface area contributed by atoms with Crippen LogP contribution in [0.4, 0.5) is 0 Å². The molecule has 0 aliphatic carbocycles. The van der Waals surface area contributed by atoms with E-state index in [4.69, 9.17) is 4.74 Å². The summed E-state index contributed by atoms with van der Waals surface area (Å²) in [4.78, 5) is 0. The Labute approximate surface area is 95.4 Å². The van der Waals surface area contributed by atoms with Crippen LogP contribution in [-0.2, 0) is 6.42 Å². The van der Waals surface area contributed by atoms with Crippen LogP contribution in [0.1, 0.15) is 35.6 Å². The van der Waals surface area contributed by atoms with Gasteiger partial charge in [0.05, 0.1) is 6.61 Å². The van der Waals surface area contributed by atoms with Gasteiger partial charge in [-0.3, -0.25) is 0 Å². The quantitative estimate of drug-likeness (QED) is 0.759. The molecule has 3 nitrogen and oxygen atoms in total. The number of aromatic hydroxyl groups is 1. The minimum Gasteiger partial charge on any atom is -0.507 e. The first-order valence-electron chi connectivity index (χ1n) is 5.99. The SMILES string of the molecule is Cc1cc2c(c(C3CCCN3)c1O)CCO2. The van der Waals surface area contributed by atoms with E-state index in [0.717, 1.165) is 42.9 Å². The summed E-state index contributed by atoms with van der Waals surface area (Å²) in [5.41, 5.74) is 3.22. The van der Waals surface area contributed by atoms with Gasteiger partial charge in [0.15, 0.2) is 0 Å². The van der Waals surface area contributed by atoms with Gasteiger partial charge >= 0.3 is 0 Å². The van der Waals surface area contributed by atoms with Crippen LogP contribution in [0.25, 0.3) is 0 Å². The summed E-state index contributed by atoms with van der Waals surface area (Å²) >= 11 is 0. The second-order valence-electron chi connectivity index (χ2n) is 4.68. The Bertz CT molecular complexity index is 422. The van der Waals surface area contributed by atoms with Crippen molar-refractivity contribution in [2.45, 2.75) is 32.2 Å². The average molecular weight is 219 g/mol. The van der Waals surface area contributed by atoms with Crippen molar-refractivity contribution in [2.75, 3.05) is 13.2 Å². The van der Waals surface area contributed by atoms with Crippen molar-refractivity contribution in [3.05, 3.63) is 22.8 Å². The maximum absolute atomic E-state index is 10.2. The highest BCUT2D eigenvalue weighted by Crippen LogP contribution is 2.42. The molecular formula is C13H17NO2. The summed E-state index contributed by atoms with van der Waals surface area (Å²) in [6, 6.07) is 2.27. The highest BCUT2D eigenvalue weighted by atomic mass is 16.5. The first kappa shape index (κ1) is 9.97. The Morgan fingerprint density at radius 1 is 1.50 bits per heavy atom. The minimum atomic E-state index is 0.315. The van der Waals surface area contributed by atoms with Crippen LogP contribution < -0.4 is 10.1 Å². The van der Waals surface area contributed by atoms with Crippen molar-refractivity contribution in [3.8, 4) is 11.5 Å². The molecule has 2 N–H and O–H groups in total. The fourth-order valence-corrected chi connectivity index (χ4v) is 2.80. The third-order valence-corrected chi connectivity index (χ3v) is 3.62. The van der Waals surface area contributed by atoms with E-state index >= 15 is 0 Å². The van der Waals surface area contributed by atoms with Gasteiger partial charge in [-0.2, -0.15) is 0 Å². The predicted molar refractivity (Wildman–Crippen MR) is 62.0 cm³/mol. The molecule has 3 heteroatoms. The smallest absolute Gasteiger partial charge is 0.123 e. The molecule has 1 aromatic rings. The maximum atomic E-state index is 10.2. The number of phenols is 1. The van der Waals surface area contributed by atoms with Gasteiger partial charge in [0, 0.05) is 23.6 Å². The minimum absolute atomic E-state index is 0.315. The van der Waals surface area contributed by atoms with Crippen molar-refractivity contribution in [2.24, 2.45) is 0 Å². The molecule has 2 aliphatic heterocycles. The number of hydrogen-bond acceptors (Lipinski definition) is 3. The molecule has 1 saturated heterocycles. The van der Waals surface area contributed by atoms with Crippen LogP contribution in [0.3, 0.4) is 0 Å². The molecule has 0 amide bonds. The topological polar surface area (TPSA) is 41.5 Å². The Morgan fingerprint density at radius 2 is 2.38 bits per heavy atom. The second kappa shape index (κ2) is 3.67. The van der Waals surface area contributed by atoms with Crippen molar-refractivity contribution < 1.29 is 9.84 Å².